The van der Waals surface area contributed by atoms with Gasteiger partial charge < -0.3 is 8.83 Å². The van der Waals surface area contributed by atoms with Gasteiger partial charge in [0.1, 0.15) is 11.5 Å². The average molecular weight is 503 g/mol. The van der Waals surface area contributed by atoms with Gasteiger partial charge in [0.2, 0.25) is 0 Å². The molecule has 0 unspecified atom stereocenters. The van der Waals surface area contributed by atoms with E-state index in [-0.39, 0.29) is 5.78 Å². The molecule has 6 heteroatoms. The number of piperidine rings is 1. The van der Waals surface area contributed by atoms with Crippen LogP contribution in [0.25, 0.3) is 12.2 Å². The molecule has 0 amide bonds. The van der Waals surface area contributed by atoms with Gasteiger partial charge in [0.05, 0.1) is 0 Å². The Morgan fingerprint density at radius 1 is 0.821 bits per heavy atom. The molecule has 3 heterocycles. The Morgan fingerprint density at radius 2 is 1.36 bits per heavy atom. The van der Waals surface area contributed by atoms with Gasteiger partial charge in [-0.15, -0.1) is 0 Å². The van der Waals surface area contributed by atoms with Gasteiger partial charge in [-0.3, -0.25) is 9.69 Å². The molecule has 1 aromatic carbocycles. The van der Waals surface area contributed by atoms with Crippen molar-refractivity contribution in [3.63, 3.8) is 0 Å². The molecule has 3 aromatic rings. The second kappa shape index (κ2) is 8.47. The molecule has 0 saturated carbocycles. The number of ketones is 1. The summed E-state index contributed by atoms with van der Waals surface area (Å²) in [6.45, 7) is 1.88. The lowest BCUT2D eigenvalue weighted by Crippen LogP contribution is -2.37. The predicted molar refractivity (Wildman–Crippen MR) is 115 cm³/mol. The predicted octanol–water partition coefficient (Wildman–Crippen LogP) is 5.95. The van der Waals surface area contributed by atoms with Gasteiger partial charge >= 0.3 is 0 Å². The van der Waals surface area contributed by atoms with E-state index in [1.807, 2.05) is 54.6 Å². The molecule has 4 rings (SSSR count). The highest BCUT2D eigenvalue weighted by Gasteiger charge is 2.27. The summed E-state index contributed by atoms with van der Waals surface area (Å²) in [4.78, 5) is 15.3. The van der Waals surface area contributed by atoms with Gasteiger partial charge in [-0.05, 0) is 73.8 Å². The van der Waals surface area contributed by atoms with E-state index in [1.165, 1.54) is 5.56 Å². The summed E-state index contributed by atoms with van der Waals surface area (Å²) in [5, 5.41) is 0. The van der Waals surface area contributed by atoms with E-state index in [2.05, 4.69) is 48.9 Å². The number of nitrogens with zero attached hydrogens (tertiary/aromatic N) is 1. The minimum absolute atomic E-state index is 0.0179. The van der Waals surface area contributed by atoms with E-state index in [0.29, 0.717) is 45.1 Å². The fraction of sp³-hybridized carbons (Fsp3) is 0.136. The molecular formula is C22H17Br2NO3. The number of furan rings is 2. The third kappa shape index (κ3) is 4.63. The van der Waals surface area contributed by atoms with E-state index >= 15 is 0 Å². The number of likely N-dealkylation sites (tertiary alicyclic amines) is 1. The van der Waals surface area contributed by atoms with Crippen LogP contribution in [0.5, 0.6) is 0 Å². The fourth-order valence-corrected chi connectivity index (χ4v) is 3.86. The topological polar surface area (TPSA) is 46.6 Å². The molecule has 0 bridgehead atoms. The van der Waals surface area contributed by atoms with Crippen molar-refractivity contribution in [1.82, 2.24) is 4.90 Å². The first-order valence-electron chi connectivity index (χ1n) is 8.79. The number of carbonyl (C=O) groups is 1. The maximum absolute atomic E-state index is 13.1. The highest BCUT2D eigenvalue weighted by Crippen LogP contribution is 2.26. The third-order valence-electron chi connectivity index (χ3n) is 4.44. The summed E-state index contributed by atoms with van der Waals surface area (Å²) >= 11 is 6.61. The summed E-state index contributed by atoms with van der Waals surface area (Å²) in [6, 6.07) is 17.6. The summed E-state index contributed by atoms with van der Waals surface area (Å²) in [6.07, 6.45) is 3.63. The quantitative estimate of drug-likeness (QED) is 0.413. The molecule has 142 valence electrons. The Bertz CT molecular complexity index is 984. The van der Waals surface area contributed by atoms with Crippen molar-refractivity contribution in [2.45, 2.75) is 6.54 Å². The lowest BCUT2D eigenvalue weighted by atomic mass is 9.95. The van der Waals surface area contributed by atoms with Crippen molar-refractivity contribution in [3.8, 4) is 0 Å². The van der Waals surface area contributed by atoms with E-state index in [9.17, 15) is 4.79 Å². The summed E-state index contributed by atoms with van der Waals surface area (Å²) in [5.41, 5.74) is 2.60. The van der Waals surface area contributed by atoms with Crippen molar-refractivity contribution in [3.05, 3.63) is 92.2 Å². The molecule has 0 N–H and O–H groups in total. The second-order valence-corrected chi connectivity index (χ2v) is 8.15. The smallest absolute Gasteiger partial charge is 0.187 e. The zero-order chi connectivity index (χ0) is 19.5. The molecule has 1 aliphatic heterocycles. The van der Waals surface area contributed by atoms with Crippen LogP contribution in [-0.4, -0.2) is 23.8 Å². The largest absolute Gasteiger partial charge is 0.450 e. The van der Waals surface area contributed by atoms with Crippen LogP contribution in [0, 0.1) is 0 Å². The van der Waals surface area contributed by atoms with Gasteiger partial charge in [-0.1, -0.05) is 30.3 Å². The van der Waals surface area contributed by atoms with Crippen LogP contribution in [0.2, 0.25) is 0 Å². The maximum atomic E-state index is 13.1. The maximum Gasteiger partial charge on any atom is 0.187 e. The van der Waals surface area contributed by atoms with Crippen LogP contribution < -0.4 is 0 Å². The van der Waals surface area contributed by atoms with Crippen molar-refractivity contribution in [2.75, 3.05) is 13.1 Å². The molecule has 1 saturated heterocycles. The normalized spacial score (nSPS) is 18.3. The lowest BCUT2D eigenvalue weighted by Gasteiger charge is -2.29. The van der Waals surface area contributed by atoms with Gasteiger partial charge in [-0.2, -0.15) is 0 Å². The van der Waals surface area contributed by atoms with Crippen LogP contribution in [0.4, 0.5) is 0 Å². The van der Waals surface area contributed by atoms with Crippen molar-refractivity contribution in [2.24, 2.45) is 0 Å². The minimum atomic E-state index is 0.0179. The van der Waals surface area contributed by atoms with Gasteiger partial charge in [0, 0.05) is 30.8 Å². The van der Waals surface area contributed by atoms with E-state index < -0.39 is 0 Å². The number of halogens is 2. The van der Waals surface area contributed by atoms with Crippen LogP contribution >= 0.6 is 31.9 Å². The first-order chi connectivity index (χ1) is 13.6. The van der Waals surface area contributed by atoms with Crippen LogP contribution in [-0.2, 0) is 11.3 Å². The Labute approximate surface area is 179 Å². The number of benzene rings is 1. The molecule has 2 aromatic heterocycles. The molecule has 4 nitrogen and oxygen atoms in total. The third-order valence-corrected chi connectivity index (χ3v) is 5.29. The Morgan fingerprint density at radius 3 is 1.82 bits per heavy atom. The number of hydrogen-bond acceptors (Lipinski definition) is 4. The first-order valence-corrected chi connectivity index (χ1v) is 10.4. The molecule has 0 atom stereocenters. The molecule has 0 radical (unpaired) electrons. The second-order valence-electron chi connectivity index (χ2n) is 6.58. The molecule has 1 aliphatic rings. The van der Waals surface area contributed by atoms with Crippen molar-refractivity contribution >= 4 is 49.8 Å². The van der Waals surface area contributed by atoms with Crippen LogP contribution in [0.1, 0.15) is 17.1 Å². The number of rotatable bonds is 4. The van der Waals surface area contributed by atoms with Crippen LogP contribution in [0.15, 0.2) is 83.9 Å². The summed E-state index contributed by atoms with van der Waals surface area (Å²) < 4.78 is 12.4. The number of carbonyl (C=O) groups excluding carboxylic acids is 1. The zero-order valence-corrected chi connectivity index (χ0v) is 18.1. The van der Waals surface area contributed by atoms with Gasteiger partial charge in [-0.25, -0.2) is 0 Å². The van der Waals surface area contributed by atoms with Gasteiger partial charge in [0.15, 0.2) is 15.1 Å². The SMILES string of the molecule is O=C1/C(=C\c2ccc(Br)o2)CN(Cc2ccccc2)C/C1=C\c1ccc(Br)o1. The monoisotopic (exact) mass is 501 g/mol. The van der Waals surface area contributed by atoms with Crippen molar-refractivity contribution < 1.29 is 13.6 Å². The Kier molecular flexibility index (Phi) is 5.80. The summed E-state index contributed by atoms with van der Waals surface area (Å²) in [7, 11) is 0. The highest BCUT2D eigenvalue weighted by molar-refractivity contribution is 9.10. The number of hydrogen-bond donors (Lipinski definition) is 0. The molecule has 28 heavy (non-hydrogen) atoms. The number of Topliss-reactive ketones (excluding diaryl/α,β-unsaturated/α-hetero) is 1. The summed E-state index contributed by atoms with van der Waals surface area (Å²) in [5.74, 6) is 1.32. The lowest BCUT2D eigenvalue weighted by molar-refractivity contribution is -0.113. The zero-order valence-electron chi connectivity index (χ0n) is 14.9. The van der Waals surface area contributed by atoms with E-state index in [0.717, 1.165) is 6.54 Å². The molecular weight excluding hydrogens is 486 g/mol. The minimum Gasteiger partial charge on any atom is -0.450 e. The van der Waals surface area contributed by atoms with Crippen molar-refractivity contribution in [1.29, 1.82) is 0 Å². The molecule has 0 aliphatic carbocycles. The van der Waals surface area contributed by atoms with Crippen LogP contribution in [0.3, 0.4) is 0 Å². The molecule has 1 fully saturated rings. The molecule has 0 spiro atoms. The Hall–Kier alpha value is -2.15. The van der Waals surface area contributed by atoms with Gasteiger partial charge in [0.25, 0.3) is 0 Å². The Balaban J connectivity index is 1.66. The fourth-order valence-electron chi connectivity index (χ4n) is 3.22. The highest BCUT2D eigenvalue weighted by atomic mass is 79.9. The van der Waals surface area contributed by atoms with E-state index in [4.69, 9.17) is 8.83 Å². The standard InChI is InChI=1S/C22H17Br2NO3/c23-20-8-6-18(27-20)10-16-13-25(12-15-4-2-1-3-5-15)14-17(22(16)26)11-19-7-9-21(24)28-19/h1-11H,12-14H2/b16-10-,17-11+. The first kappa shape index (κ1) is 19.2. The van der Waals surface area contributed by atoms with E-state index in [1.54, 1.807) is 0 Å². The average Bonchev–Trinajstić information content (AvgIpc) is 3.27.